The van der Waals surface area contributed by atoms with Crippen LogP contribution in [0.25, 0.3) is 0 Å². The largest absolute Gasteiger partial charge is 0.494 e. The van der Waals surface area contributed by atoms with E-state index in [0.717, 1.165) is 43.2 Å². The smallest absolute Gasteiger partial charge is 0.325 e. The lowest BCUT2D eigenvalue weighted by atomic mass is 10.3. The summed E-state index contributed by atoms with van der Waals surface area (Å²) in [5, 5.41) is 6.16. The van der Waals surface area contributed by atoms with Crippen LogP contribution in [0.15, 0.2) is 29.3 Å². The molecule has 2 amide bonds. The number of aliphatic imine (C=N–C) groups is 1. The van der Waals surface area contributed by atoms with Gasteiger partial charge in [-0.25, -0.2) is 4.79 Å². The zero-order valence-electron chi connectivity index (χ0n) is 11.5. The summed E-state index contributed by atoms with van der Waals surface area (Å²) in [5.74, 6) is 1.75. The molecule has 2 N–H and O–H groups in total. The molecule has 0 aromatic heterocycles. The number of hydrogen-bond acceptors (Lipinski definition) is 4. The number of urea groups is 1. The second kappa shape index (κ2) is 7.79. The number of anilines is 1. The zero-order chi connectivity index (χ0) is 14.2. The summed E-state index contributed by atoms with van der Waals surface area (Å²) in [6.07, 6.45) is 2.16. The lowest BCUT2D eigenvalue weighted by Crippen LogP contribution is -2.31. The number of thioether (sulfide) groups is 1. The summed E-state index contributed by atoms with van der Waals surface area (Å²) in [7, 11) is 0. The third kappa shape index (κ3) is 4.77. The molecular formula is C14H19N3O2S. The van der Waals surface area contributed by atoms with Gasteiger partial charge in [0, 0.05) is 11.4 Å². The molecule has 5 nitrogen and oxygen atoms in total. The highest BCUT2D eigenvalue weighted by molar-refractivity contribution is 8.14. The van der Waals surface area contributed by atoms with E-state index in [4.69, 9.17) is 4.74 Å². The molecular weight excluding hydrogens is 274 g/mol. The maximum Gasteiger partial charge on any atom is 0.325 e. The minimum atomic E-state index is -0.266. The van der Waals surface area contributed by atoms with Gasteiger partial charge in [-0.05, 0) is 30.7 Å². The van der Waals surface area contributed by atoms with Crippen molar-refractivity contribution in [1.82, 2.24) is 5.32 Å². The normalized spacial score (nSPS) is 13.8. The van der Waals surface area contributed by atoms with Crippen molar-refractivity contribution in [2.24, 2.45) is 4.99 Å². The molecule has 6 heteroatoms. The van der Waals surface area contributed by atoms with Gasteiger partial charge in [-0.15, -0.1) is 0 Å². The molecule has 108 valence electrons. The first-order valence-electron chi connectivity index (χ1n) is 6.76. The van der Waals surface area contributed by atoms with Crippen molar-refractivity contribution in [2.45, 2.75) is 19.8 Å². The fraction of sp³-hybridized carbons (Fsp3) is 0.429. The summed E-state index contributed by atoms with van der Waals surface area (Å²) in [6.45, 7) is 3.62. The van der Waals surface area contributed by atoms with Gasteiger partial charge in [0.2, 0.25) is 0 Å². The van der Waals surface area contributed by atoms with Gasteiger partial charge in [0.15, 0.2) is 5.17 Å². The first-order valence-corrected chi connectivity index (χ1v) is 7.74. The van der Waals surface area contributed by atoms with Crippen molar-refractivity contribution in [2.75, 3.05) is 24.2 Å². The van der Waals surface area contributed by atoms with Crippen LogP contribution in [0.2, 0.25) is 0 Å². The molecule has 0 unspecified atom stereocenters. The number of ether oxygens (including phenoxy) is 1. The molecule has 1 heterocycles. The molecule has 1 aliphatic rings. The second-order valence-electron chi connectivity index (χ2n) is 4.34. The molecule has 0 atom stereocenters. The first kappa shape index (κ1) is 14.7. The second-order valence-corrected chi connectivity index (χ2v) is 5.42. The molecule has 0 saturated carbocycles. The highest BCUT2D eigenvalue weighted by Gasteiger charge is 2.10. The minimum Gasteiger partial charge on any atom is -0.494 e. The minimum absolute atomic E-state index is 0.266. The molecule has 1 aromatic rings. The zero-order valence-corrected chi connectivity index (χ0v) is 12.3. The van der Waals surface area contributed by atoms with Crippen molar-refractivity contribution in [3.63, 3.8) is 0 Å². The van der Waals surface area contributed by atoms with Crippen LogP contribution in [0, 0.1) is 0 Å². The van der Waals surface area contributed by atoms with Gasteiger partial charge in [-0.2, -0.15) is 0 Å². The number of unbranched alkanes of at least 4 members (excludes halogenated alkanes) is 1. The maximum absolute atomic E-state index is 11.7. The Morgan fingerprint density at radius 3 is 2.80 bits per heavy atom. The Balaban J connectivity index is 1.79. The number of amides is 2. The van der Waals surface area contributed by atoms with Gasteiger partial charge >= 0.3 is 6.03 Å². The predicted molar refractivity (Wildman–Crippen MR) is 83.8 cm³/mol. The van der Waals surface area contributed by atoms with Crippen LogP contribution in [0.3, 0.4) is 0 Å². The third-order valence-electron chi connectivity index (χ3n) is 2.68. The summed E-state index contributed by atoms with van der Waals surface area (Å²) in [5.41, 5.74) is 0.730. The summed E-state index contributed by atoms with van der Waals surface area (Å²) >= 11 is 1.55. The summed E-state index contributed by atoms with van der Waals surface area (Å²) in [6, 6.07) is 7.09. The molecule has 1 aromatic carbocycles. The van der Waals surface area contributed by atoms with Crippen LogP contribution in [-0.2, 0) is 0 Å². The fourth-order valence-corrected chi connectivity index (χ4v) is 2.36. The molecule has 0 bridgehead atoms. The number of carbonyl (C=O) groups excluding carboxylic acids is 1. The van der Waals surface area contributed by atoms with Crippen LogP contribution in [0.1, 0.15) is 19.8 Å². The van der Waals surface area contributed by atoms with Gasteiger partial charge in [0.25, 0.3) is 0 Å². The van der Waals surface area contributed by atoms with Gasteiger partial charge in [-0.3, -0.25) is 10.3 Å². The molecule has 0 radical (unpaired) electrons. The molecule has 2 rings (SSSR count). The lowest BCUT2D eigenvalue weighted by molar-refractivity contribution is 0.256. The summed E-state index contributed by atoms with van der Waals surface area (Å²) in [4.78, 5) is 15.9. The van der Waals surface area contributed by atoms with Crippen LogP contribution in [0.4, 0.5) is 10.5 Å². The van der Waals surface area contributed by atoms with Crippen molar-refractivity contribution in [1.29, 1.82) is 0 Å². The SMILES string of the molecule is CCCCOc1ccc(NC(=O)NC2=NCCS2)cc1. The molecule has 0 spiro atoms. The van der Waals surface area contributed by atoms with E-state index >= 15 is 0 Å². The van der Waals surface area contributed by atoms with E-state index in [0.29, 0.717) is 5.17 Å². The lowest BCUT2D eigenvalue weighted by Gasteiger charge is -2.08. The van der Waals surface area contributed by atoms with E-state index in [1.807, 2.05) is 24.3 Å². The number of amidine groups is 1. The first-order chi connectivity index (χ1) is 9.78. The van der Waals surface area contributed by atoms with Gasteiger partial charge in [-0.1, -0.05) is 25.1 Å². The van der Waals surface area contributed by atoms with Crippen LogP contribution < -0.4 is 15.4 Å². The van der Waals surface area contributed by atoms with Gasteiger partial charge in [0.1, 0.15) is 5.75 Å². The average molecular weight is 293 g/mol. The predicted octanol–water partition coefficient (Wildman–Crippen LogP) is 3.09. The molecule has 0 saturated heterocycles. The van der Waals surface area contributed by atoms with Gasteiger partial charge < -0.3 is 10.1 Å². The quantitative estimate of drug-likeness (QED) is 0.820. The Kier molecular flexibility index (Phi) is 5.73. The van der Waals surface area contributed by atoms with Gasteiger partial charge in [0.05, 0.1) is 13.2 Å². The highest BCUT2D eigenvalue weighted by Crippen LogP contribution is 2.16. The van der Waals surface area contributed by atoms with Crippen molar-refractivity contribution in [3.05, 3.63) is 24.3 Å². The van der Waals surface area contributed by atoms with Crippen LogP contribution in [0.5, 0.6) is 5.75 Å². The van der Waals surface area contributed by atoms with Crippen LogP contribution in [-0.4, -0.2) is 30.1 Å². The number of carbonyl (C=O) groups is 1. The monoisotopic (exact) mass is 293 g/mol. The van der Waals surface area contributed by atoms with E-state index in [1.165, 1.54) is 0 Å². The standard InChI is InChI=1S/C14H19N3O2S/c1-2-3-9-19-12-6-4-11(5-7-12)16-13(18)17-14-15-8-10-20-14/h4-7H,2-3,8-10H2,1H3,(H2,15,16,17,18). The molecule has 20 heavy (non-hydrogen) atoms. The van der Waals surface area contributed by atoms with Crippen molar-refractivity contribution < 1.29 is 9.53 Å². The Bertz CT molecular complexity index is 474. The Morgan fingerprint density at radius 2 is 2.15 bits per heavy atom. The number of benzene rings is 1. The Morgan fingerprint density at radius 1 is 1.35 bits per heavy atom. The van der Waals surface area contributed by atoms with E-state index in [9.17, 15) is 4.79 Å². The van der Waals surface area contributed by atoms with E-state index < -0.39 is 0 Å². The van der Waals surface area contributed by atoms with E-state index in [2.05, 4.69) is 22.5 Å². The fourth-order valence-electron chi connectivity index (χ4n) is 1.64. The Hall–Kier alpha value is -1.69. The van der Waals surface area contributed by atoms with Crippen molar-refractivity contribution >= 4 is 28.6 Å². The number of hydrogen-bond donors (Lipinski definition) is 2. The van der Waals surface area contributed by atoms with E-state index in [-0.39, 0.29) is 6.03 Å². The number of nitrogens with zero attached hydrogens (tertiary/aromatic N) is 1. The molecule has 1 aliphatic heterocycles. The molecule has 0 aliphatic carbocycles. The summed E-state index contributed by atoms with van der Waals surface area (Å²) < 4.78 is 5.56. The number of rotatable bonds is 5. The topological polar surface area (TPSA) is 62.7 Å². The molecule has 0 fully saturated rings. The maximum atomic E-state index is 11.7. The highest BCUT2D eigenvalue weighted by atomic mass is 32.2. The Labute approximate surface area is 123 Å². The van der Waals surface area contributed by atoms with E-state index in [1.54, 1.807) is 11.8 Å². The third-order valence-corrected chi connectivity index (χ3v) is 3.58. The van der Waals surface area contributed by atoms with Crippen LogP contribution >= 0.6 is 11.8 Å². The number of nitrogens with one attached hydrogen (secondary N) is 2. The van der Waals surface area contributed by atoms with Crippen molar-refractivity contribution in [3.8, 4) is 5.75 Å². The average Bonchev–Trinajstić information content (AvgIpc) is 2.94.